The smallest absolute Gasteiger partial charge is 0.166 e. The third kappa shape index (κ3) is 2.99. The molecule has 0 radical (unpaired) electrons. The Morgan fingerprint density at radius 2 is 2.00 bits per heavy atom. The van der Waals surface area contributed by atoms with Gasteiger partial charge in [0.2, 0.25) is 0 Å². The van der Waals surface area contributed by atoms with E-state index in [1.807, 2.05) is 13.0 Å². The van der Waals surface area contributed by atoms with Crippen molar-refractivity contribution in [2.24, 2.45) is 0 Å². The molecule has 6 heteroatoms. The number of halogens is 2. The molecule has 0 amide bonds. The van der Waals surface area contributed by atoms with Crippen molar-refractivity contribution < 1.29 is 4.39 Å². The fourth-order valence-electron chi connectivity index (χ4n) is 2.43. The number of hydrogen-bond donors (Lipinski definition) is 1. The van der Waals surface area contributed by atoms with Crippen molar-refractivity contribution in [3.05, 3.63) is 40.8 Å². The van der Waals surface area contributed by atoms with Crippen molar-refractivity contribution in [1.82, 2.24) is 15.3 Å². The summed E-state index contributed by atoms with van der Waals surface area (Å²) in [6.45, 7) is 5.46. The van der Waals surface area contributed by atoms with Crippen LogP contribution in [-0.4, -0.2) is 36.1 Å². The van der Waals surface area contributed by atoms with E-state index >= 15 is 0 Å². The summed E-state index contributed by atoms with van der Waals surface area (Å²) in [6, 6.07) is 6.52. The number of aromatic nitrogens is 2. The molecule has 0 atom stereocenters. The molecular weight excluding hydrogens is 291 g/mol. The molecule has 1 aliphatic rings. The Balaban J connectivity index is 2.05. The molecule has 3 rings (SSSR count). The van der Waals surface area contributed by atoms with Gasteiger partial charge in [-0.15, -0.1) is 0 Å². The summed E-state index contributed by atoms with van der Waals surface area (Å²) >= 11 is 6.11. The fraction of sp³-hybridized carbons (Fsp3) is 0.333. The molecule has 1 aromatic carbocycles. The number of aryl methyl sites for hydroxylation is 1. The van der Waals surface area contributed by atoms with E-state index in [2.05, 4.69) is 20.2 Å². The number of benzene rings is 1. The zero-order valence-electron chi connectivity index (χ0n) is 11.7. The number of hydrogen-bond acceptors (Lipinski definition) is 4. The lowest BCUT2D eigenvalue weighted by Crippen LogP contribution is -2.44. The average Bonchev–Trinajstić information content (AvgIpc) is 2.47. The van der Waals surface area contributed by atoms with Gasteiger partial charge >= 0.3 is 0 Å². The van der Waals surface area contributed by atoms with Crippen molar-refractivity contribution in [3.8, 4) is 11.4 Å². The minimum absolute atomic E-state index is 0.263. The number of anilines is 1. The van der Waals surface area contributed by atoms with E-state index in [0.29, 0.717) is 10.8 Å². The predicted molar refractivity (Wildman–Crippen MR) is 82.3 cm³/mol. The molecule has 110 valence electrons. The van der Waals surface area contributed by atoms with Crippen molar-refractivity contribution >= 4 is 17.4 Å². The number of nitrogens with one attached hydrogen (secondary N) is 1. The lowest BCUT2D eigenvalue weighted by Gasteiger charge is -2.28. The Bertz CT molecular complexity index is 636. The van der Waals surface area contributed by atoms with Crippen LogP contribution >= 0.6 is 11.6 Å². The zero-order valence-corrected chi connectivity index (χ0v) is 12.5. The van der Waals surface area contributed by atoms with Gasteiger partial charge in [0.05, 0.1) is 10.6 Å². The fourth-order valence-corrected chi connectivity index (χ4v) is 2.68. The normalized spacial score (nSPS) is 15.3. The number of rotatable bonds is 2. The number of piperazine rings is 1. The third-order valence-corrected chi connectivity index (χ3v) is 3.78. The third-order valence-electron chi connectivity index (χ3n) is 3.47. The van der Waals surface area contributed by atoms with Gasteiger partial charge in [0.1, 0.15) is 11.6 Å². The van der Waals surface area contributed by atoms with Gasteiger partial charge in [-0.3, -0.25) is 0 Å². The summed E-state index contributed by atoms with van der Waals surface area (Å²) in [5.74, 6) is 0.754. The molecule has 4 nitrogen and oxygen atoms in total. The van der Waals surface area contributed by atoms with Crippen LogP contribution < -0.4 is 10.2 Å². The molecule has 0 aliphatic carbocycles. The van der Waals surface area contributed by atoms with Gasteiger partial charge in [0.15, 0.2) is 5.82 Å². The van der Waals surface area contributed by atoms with Crippen LogP contribution in [0, 0.1) is 12.7 Å². The molecule has 1 saturated heterocycles. The second-order valence-corrected chi connectivity index (χ2v) is 5.43. The maximum absolute atomic E-state index is 14.1. The molecule has 1 aromatic heterocycles. The van der Waals surface area contributed by atoms with Gasteiger partial charge in [0.25, 0.3) is 0 Å². The van der Waals surface area contributed by atoms with E-state index in [4.69, 9.17) is 11.6 Å². The van der Waals surface area contributed by atoms with E-state index in [1.54, 1.807) is 12.1 Å². The van der Waals surface area contributed by atoms with Gasteiger partial charge in [-0.1, -0.05) is 17.7 Å². The van der Waals surface area contributed by atoms with Gasteiger partial charge in [0, 0.05) is 37.9 Å². The lowest BCUT2D eigenvalue weighted by atomic mass is 10.2. The highest BCUT2D eigenvalue weighted by Crippen LogP contribution is 2.29. The molecule has 0 spiro atoms. The van der Waals surface area contributed by atoms with Gasteiger partial charge in [-0.2, -0.15) is 0 Å². The molecule has 1 N–H and O–H groups in total. The minimum Gasteiger partial charge on any atom is -0.354 e. The Morgan fingerprint density at radius 3 is 2.71 bits per heavy atom. The van der Waals surface area contributed by atoms with E-state index in [0.717, 1.165) is 37.7 Å². The SMILES string of the molecule is Cc1cc(N2CCNCC2)nc(-c2c(F)cccc2Cl)n1. The second kappa shape index (κ2) is 5.95. The Hall–Kier alpha value is -1.72. The van der Waals surface area contributed by atoms with Crippen LogP contribution in [0.1, 0.15) is 5.69 Å². The number of nitrogens with zero attached hydrogens (tertiary/aromatic N) is 3. The van der Waals surface area contributed by atoms with Gasteiger partial charge in [-0.05, 0) is 19.1 Å². The van der Waals surface area contributed by atoms with E-state index in [1.165, 1.54) is 6.07 Å². The summed E-state index contributed by atoms with van der Waals surface area (Å²) in [4.78, 5) is 11.0. The summed E-state index contributed by atoms with van der Waals surface area (Å²) in [6.07, 6.45) is 0. The maximum Gasteiger partial charge on any atom is 0.166 e. The topological polar surface area (TPSA) is 41.0 Å². The van der Waals surface area contributed by atoms with Gasteiger partial charge < -0.3 is 10.2 Å². The summed E-state index contributed by atoms with van der Waals surface area (Å²) in [7, 11) is 0. The van der Waals surface area contributed by atoms with Crippen LogP contribution in [0.4, 0.5) is 10.2 Å². The molecule has 1 fully saturated rings. The van der Waals surface area contributed by atoms with E-state index in [-0.39, 0.29) is 5.56 Å². The first-order valence-electron chi connectivity index (χ1n) is 6.91. The molecule has 21 heavy (non-hydrogen) atoms. The van der Waals surface area contributed by atoms with Crippen LogP contribution in [0.25, 0.3) is 11.4 Å². The van der Waals surface area contributed by atoms with E-state index in [9.17, 15) is 4.39 Å². The predicted octanol–water partition coefficient (Wildman–Crippen LogP) is 2.65. The van der Waals surface area contributed by atoms with E-state index < -0.39 is 5.82 Å². The molecule has 2 aromatic rings. The highest BCUT2D eigenvalue weighted by atomic mass is 35.5. The van der Waals surface area contributed by atoms with Crippen LogP contribution in [0.3, 0.4) is 0 Å². The highest BCUT2D eigenvalue weighted by molar-refractivity contribution is 6.33. The molecule has 2 heterocycles. The van der Waals surface area contributed by atoms with Crippen molar-refractivity contribution in [3.63, 3.8) is 0 Å². The summed E-state index contributed by atoms with van der Waals surface area (Å²) in [5.41, 5.74) is 1.06. The first kappa shape index (κ1) is 14.2. The average molecular weight is 307 g/mol. The monoisotopic (exact) mass is 306 g/mol. The van der Waals surface area contributed by atoms with Crippen LogP contribution in [0.5, 0.6) is 0 Å². The van der Waals surface area contributed by atoms with Crippen molar-refractivity contribution in [2.75, 3.05) is 31.1 Å². The Labute approximate surface area is 128 Å². The first-order valence-corrected chi connectivity index (χ1v) is 7.28. The van der Waals surface area contributed by atoms with Crippen molar-refractivity contribution in [2.45, 2.75) is 6.92 Å². The zero-order chi connectivity index (χ0) is 14.8. The Morgan fingerprint density at radius 1 is 1.24 bits per heavy atom. The molecular formula is C15H16ClFN4. The van der Waals surface area contributed by atoms with Crippen LogP contribution in [0.15, 0.2) is 24.3 Å². The standard InChI is InChI=1S/C15H16ClFN4/c1-10-9-13(21-7-5-18-6-8-21)20-15(19-10)14-11(16)3-2-4-12(14)17/h2-4,9,18H,5-8H2,1H3. The van der Waals surface area contributed by atoms with Crippen LogP contribution in [0.2, 0.25) is 5.02 Å². The summed E-state index contributed by atoms with van der Waals surface area (Å²) in [5, 5.41) is 3.62. The molecule has 0 saturated carbocycles. The molecule has 0 bridgehead atoms. The second-order valence-electron chi connectivity index (χ2n) is 5.02. The quantitative estimate of drug-likeness (QED) is 0.926. The maximum atomic E-state index is 14.1. The molecule has 1 aliphatic heterocycles. The first-order chi connectivity index (χ1) is 10.1. The minimum atomic E-state index is -0.403. The highest BCUT2D eigenvalue weighted by Gasteiger charge is 2.17. The summed E-state index contributed by atoms with van der Waals surface area (Å²) < 4.78 is 14.1. The van der Waals surface area contributed by atoms with Crippen molar-refractivity contribution in [1.29, 1.82) is 0 Å². The van der Waals surface area contributed by atoms with Crippen LogP contribution in [-0.2, 0) is 0 Å². The van der Waals surface area contributed by atoms with Gasteiger partial charge in [-0.25, -0.2) is 14.4 Å². The molecule has 0 unspecified atom stereocenters. The lowest BCUT2D eigenvalue weighted by molar-refractivity contribution is 0.584. The largest absolute Gasteiger partial charge is 0.354 e. The Kier molecular flexibility index (Phi) is 4.03.